The molecule has 9 heteroatoms. The molecule has 0 spiro atoms. The van der Waals surface area contributed by atoms with Crippen molar-refractivity contribution < 1.29 is 23.8 Å². The number of halogens is 2. The molecule has 1 N–H and O–H groups in total. The standard InChI is InChI=1S/C18H16BrIN2O5/c1-25-15-8-11(7-14(20)17(15)27-10-16(23)26-2)9-21-22-18(24)12-5-3-4-6-13(12)19/h3-9H,10H2,1-2H3,(H,22,24)/b21-9+. The predicted octanol–water partition coefficient (Wildman–Crippen LogP) is 3.38. The lowest BCUT2D eigenvalue weighted by molar-refractivity contribution is -0.142. The van der Waals surface area contributed by atoms with E-state index in [2.05, 4.69) is 53.8 Å². The number of ether oxygens (including phenoxy) is 3. The number of carbonyl (C=O) groups excluding carboxylic acids is 2. The van der Waals surface area contributed by atoms with Crippen LogP contribution in [-0.4, -0.2) is 38.9 Å². The van der Waals surface area contributed by atoms with Crippen molar-refractivity contribution in [2.45, 2.75) is 0 Å². The maximum absolute atomic E-state index is 12.1. The fourth-order valence-electron chi connectivity index (χ4n) is 2.02. The second-order valence-corrected chi connectivity index (χ2v) is 7.09. The molecular weight excluding hydrogens is 531 g/mol. The highest BCUT2D eigenvalue weighted by Crippen LogP contribution is 2.33. The van der Waals surface area contributed by atoms with Crippen LogP contribution in [0.1, 0.15) is 15.9 Å². The molecule has 2 aromatic rings. The molecule has 142 valence electrons. The molecule has 0 aliphatic heterocycles. The summed E-state index contributed by atoms with van der Waals surface area (Å²) in [5.41, 5.74) is 3.64. The average molecular weight is 547 g/mol. The Kier molecular flexibility index (Phi) is 8.04. The van der Waals surface area contributed by atoms with Crippen molar-refractivity contribution in [3.8, 4) is 11.5 Å². The SMILES string of the molecule is COC(=O)COc1c(I)cc(/C=N/NC(=O)c2ccccc2Br)cc1OC. The molecule has 0 bridgehead atoms. The summed E-state index contributed by atoms with van der Waals surface area (Å²) in [6, 6.07) is 10.5. The van der Waals surface area contributed by atoms with Crippen LogP contribution < -0.4 is 14.9 Å². The first-order chi connectivity index (χ1) is 13.0. The molecule has 7 nitrogen and oxygen atoms in total. The Balaban J connectivity index is 2.11. The van der Waals surface area contributed by atoms with E-state index >= 15 is 0 Å². The molecule has 0 aliphatic carbocycles. The van der Waals surface area contributed by atoms with Gasteiger partial charge in [-0.2, -0.15) is 5.10 Å². The van der Waals surface area contributed by atoms with Crippen molar-refractivity contribution in [3.05, 3.63) is 55.6 Å². The van der Waals surface area contributed by atoms with E-state index in [0.717, 1.165) is 3.57 Å². The Morgan fingerprint density at radius 2 is 2.00 bits per heavy atom. The van der Waals surface area contributed by atoms with Crippen LogP contribution in [0.15, 0.2) is 46.0 Å². The predicted molar refractivity (Wildman–Crippen MR) is 112 cm³/mol. The first kappa shape index (κ1) is 21.2. The fourth-order valence-corrected chi connectivity index (χ4v) is 3.26. The van der Waals surface area contributed by atoms with Gasteiger partial charge in [-0.1, -0.05) is 12.1 Å². The maximum atomic E-state index is 12.1. The lowest BCUT2D eigenvalue weighted by Crippen LogP contribution is -2.18. The second kappa shape index (κ2) is 10.3. The number of esters is 1. The van der Waals surface area contributed by atoms with Crippen LogP contribution >= 0.6 is 38.5 Å². The molecule has 1 amide bonds. The van der Waals surface area contributed by atoms with Gasteiger partial charge < -0.3 is 14.2 Å². The Labute approximate surface area is 178 Å². The van der Waals surface area contributed by atoms with Gasteiger partial charge >= 0.3 is 5.97 Å². The first-order valence-electron chi connectivity index (χ1n) is 7.61. The number of nitrogens with one attached hydrogen (secondary N) is 1. The second-order valence-electron chi connectivity index (χ2n) is 5.08. The minimum Gasteiger partial charge on any atom is -0.493 e. The molecular formula is C18H16BrIN2O5. The number of benzene rings is 2. The lowest BCUT2D eigenvalue weighted by atomic mass is 10.2. The lowest BCUT2D eigenvalue weighted by Gasteiger charge is -2.12. The van der Waals surface area contributed by atoms with E-state index in [1.54, 1.807) is 30.3 Å². The van der Waals surface area contributed by atoms with Gasteiger partial charge in [-0.05, 0) is 68.3 Å². The largest absolute Gasteiger partial charge is 0.493 e. The number of rotatable bonds is 7. The summed E-state index contributed by atoms with van der Waals surface area (Å²) in [5.74, 6) is 0.0361. The summed E-state index contributed by atoms with van der Waals surface area (Å²) in [6.45, 7) is -0.224. The molecule has 2 aromatic carbocycles. The number of hydrazone groups is 1. The Bertz CT molecular complexity index is 873. The maximum Gasteiger partial charge on any atom is 0.343 e. The Morgan fingerprint density at radius 3 is 2.67 bits per heavy atom. The summed E-state index contributed by atoms with van der Waals surface area (Å²) < 4.78 is 16.7. The molecule has 0 aliphatic rings. The zero-order valence-corrected chi connectivity index (χ0v) is 18.2. The van der Waals surface area contributed by atoms with E-state index < -0.39 is 5.97 Å². The Hall–Kier alpha value is -2.14. The molecule has 0 aromatic heterocycles. The van der Waals surface area contributed by atoms with E-state index in [1.165, 1.54) is 20.4 Å². The highest BCUT2D eigenvalue weighted by molar-refractivity contribution is 14.1. The topological polar surface area (TPSA) is 86.2 Å². The van der Waals surface area contributed by atoms with Crippen molar-refractivity contribution >= 4 is 56.6 Å². The Morgan fingerprint density at radius 1 is 1.26 bits per heavy atom. The van der Waals surface area contributed by atoms with E-state index in [0.29, 0.717) is 27.1 Å². The molecule has 0 radical (unpaired) electrons. The van der Waals surface area contributed by atoms with Crippen molar-refractivity contribution in [2.24, 2.45) is 5.10 Å². The van der Waals surface area contributed by atoms with Gasteiger partial charge in [-0.3, -0.25) is 4.79 Å². The monoisotopic (exact) mass is 546 g/mol. The van der Waals surface area contributed by atoms with Crippen LogP contribution in [-0.2, 0) is 9.53 Å². The third kappa shape index (κ3) is 5.93. The van der Waals surface area contributed by atoms with Gasteiger partial charge in [0.15, 0.2) is 18.1 Å². The number of methoxy groups -OCH3 is 2. The van der Waals surface area contributed by atoms with Crippen molar-refractivity contribution in [1.29, 1.82) is 0 Å². The number of hydrogen-bond acceptors (Lipinski definition) is 6. The van der Waals surface area contributed by atoms with Crippen LogP contribution in [0.5, 0.6) is 11.5 Å². The van der Waals surface area contributed by atoms with Gasteiger partial charge in [0.1, 0.15) is 0 Å². The average Bonchev–Trinajstić information content (AvgIpc) is 2.66. The molecule has 0 fully saturated rings. The van der Waals surface area contributed by atoms with Crippen LogP contribution in [0.25, 0.3) is 0 Å². The van der Waals surface area contributed by atoms with Crippen LogP contribution in [0.3, 0.4) is 0 Å². The van der Waals surface area contributed by atoms with Gasteiger partial charge in [-0.25, -0.2) is 10.2 Å². The summed E-state index contributed by atoms with van der Waals surface area (Å²) in [6.07, 6.45) is 1.49. The van der Waals surface area contributed by atoms with Crippen LogP contribution in [0, 0.1) is 3.57 Å². The number of nitrogens with zero attached hydrogens (tertiary/aromatic N) is 1. The summed E-state index contributed by atoms with van der Waals surface area (Å²) >= 11 is 5.38. The zero-order chi connectivity index (χ0) is 19.8. The molecule has 0 unspecified atom stereocenters. The minimum absolute atomic E-state index is 0.224. The summed E-state index contributed by atoms with van der Waals surface area (Å²) in [4.78, 5) is 23.4. The van der Waals surface area contributed by atoms with Crippen molar-refractivity contribution in [3.63, 3.8) is 0 Å². The normalized spacial score (nSPS) is 10.5. The van der Waals surface area contributed by atoms with E-state index in [9.17, 15) is 9.59 Å². The molecule has 27 heavy (non-hydrogen) atoms. The fraction of sp³-hybridized carbons (Fsp3) is 0.167. The number of amides is 1. The molecule has 0 saturated carbocycles. The van der Waals surface area contributed by atoms with Gasteiger partial charge in [0.2, 0.25) is 0 Å². The van der Waals surface area contributed by atoms with Gasteiger partial charge in [-0.15, -0.1) is 0 Å². The highest BCUT2D eigenvalue weighted by atomic mass is 127. The minimum atomic E-state index is -0.492. The van der Waals surface area contributed by atoms with Gasteiger partial charge in [0.25, 0.3) is 5.91 Å². The molecule has 2 rings (SSSR count). The van der Waals surface area contributed by atoms with E-state index in [1.807, 2.05) is 6.07 Å². The van der Waals surface area contributed by atoms with Crippen molar-refractivity contribution in [1.82, 2.24) is 5.43 Å². The third-order valence-electron chi connectivity index (χ3n) is 3.31. The van der Waals surface area contributed by atoms with E-state index in [4.69, 9.17) is 9.47 Å². The van der Waals surface area contributed by atoms with Crippen LogP contribution in [0.4, 0.5) is 0 Å². The summed E-state index contributed by atoms with van der Waals surface area (Å²) in [7, 11) is 2.78. The molecule has 0 atom stereocenters. The first-order valence-corrected chi connectivity index (χ1v) is 9.48. The third-order valence-corrected chi connectivity index (χ3v) is 4.80. The smallest absolute Gasteiger partial charge is 0.343 e. The zero-order valence-electron chi connectivity index (χ0n) is 14.5. The van der Waals surface area contributed by atoms with E-state index in [-0.39, 0.29) is 12.5 Å². The molecule has 0 heterocycles. The van der Waals surface area contributed by atoms with Gasteiger partial charge in [0.05, 0.1) is 29.6 Å². The number of carbonyl (C=O) groups is 2. The van der Waals surface area contributed by atoms with Crippen molar-refractivity contribution in [2.75, 3.05) is 20.8 Å². The van der Waals surface area contributed by atoms with Crippen LogP contribution in [0.2, 0.25) is 0 Å². The number of hydrogen-bond donors (Lipinski definition) is 1. The highest BCUT2D eigenvalue weighted by Gasteiger charge is 2.13. The van der Waals surface area contributed by atoms with Gasteiger partial charge in [0, 0.05) is 4.47 Å². The quantitative estimate of drug-likeness (QED) is 0.249. The summed E-state index contributed by atoms with van der Waals surface area (Å²) in [5, 5.41) is 3.97. The molecule has 0 saturated heterocycles.